The Bertz CT molecular complexity index is 788. The fraction of sp³-hybridized carbons (Fsp3) is 0.368. The molecule has 1 aromatic carbocycles. The maximum absolute atomic E-state index is 12.6. The number of ether oxygens (including phenoxy) is 1. The molecular formula is C19H18BrF3N2O2. The highest BCUT2D eigenvalue weighted by molar-refractivity contribution is 9.10. The molecule has 2 aromatic rings. The molecular weight excluding hydrogens is 425 g/mol. The lowest BCUT2D eigenvalue weighted by molar-refractivity contribution is -0.137. The van der Waals surface area contributed by atoms with Crippen molar-refractivity contribution < 1.29 is 22.7 Å². The van der Waals surface area contributed by atoms with Gasteiger partial charge < -0.3 is 10.1 Å². The number of benzene rings is 1. The van der Waals surface area contributed by atoms with Crippen LogP contribution in [0.4, 0.5) is 13.2 Å². The third-order valence-corrected chi connectivity index (χ3v) is 5.17. The second kappa shape index (κ2) is 8.29. The van der Waals surface area contributed by atoms with Gasteiger partial charge in [-0.25, -0.2) is 4.98 Å². The largest absolute Gasteiger partial charge is 0.474 e. The fourth-order valence-corrected chi connectivity index (χ4v) is 3.49. The molecule has 8 heteroatoms. The second-order valence-electron chi connectivity index (χ2n) is 6.43. The Morgan fingerprint density at radius 3 is 2.41 bits per heavy atom. The highest BCUT2D eigenvalue weighted by atomic mass is 79.9. The van der Waals surface area contributed by atoms with Crippen LogP contribution in [0, 0.1) is 0 Å². The minimum absolute atomic E-state index is 0.0463. The van der Waals surface area contributed by atoms with Gasteiger partial charge in [-0.2, -0.15) is 13.2 Å². The number of carbonyl (C=O) groups is 1. The molecule has 4 nitrogen and oxygen atoms in total. The smallest absolute Gasteiger partial charge is 0.417 e. The molecule has 0 saturated heterocycles. The van der Waals surface area contributed by atoms with E-state index in [1.54, 1.807) is 6.07 Å². The van der Waals surface area contributed by atoms with Crippen molar-refractivity contribution in [3.63, 3.8) is 0 Å². The van der Waals surface area contributed by atoms with E-state index >= 15 is 0 Å². The number of amides is 1. The van der Waals surface area contributed by atoms with Gasteiger partial charge in [-0.3, -0.25) is 4.79 Å². The van der Waals surface area contributed by atoms with Crippen LogP contribution in [-0.4, -0.2) is 23.0 Å². The van der Waals surface area contributed by atoms with Crippen molar-refractivity contribution in [1.29, 1.82) is 0 Å². The molecule has 3 rings (SSSR count). The number of aromatic nitrogens is 1. The lowest BCUT2D eigenvalue weighted by atomic mass is 9.92. The lowest BCUT2D eigenvalue weighted by Gasteiger charge is -2.29. The molecule has 1 aliphatic carbocycles. The highest BCUT2D eigenvalue weighted by Crippen LogP contribution is 2.30. The second-order valence-corrected chi connectivity index (χ2v) is 7.28. The molecule has 1 fully saturated rings. The SMILES string of the molecule is O=C(NC1CCC(Oc2ccc(C(F)(F)F)cn2)CC1)c1ccccc1Br. The molecule has 1 amide bonds. The van der Waals surface area contributed by atoms with Crippen LogP contribution in [0.2, 0.25) is 0 Å². The summed E-state index contributed by atoms with van der Waals surface area (Å²) < 4.78 is 44.1. The highest BCUT2D eigenvalue weighted by Gasteiger charge is 2.31. The van der Waals surface area contributed by atoms with E-state index in [0.29, 0.717) is 18.4 Å². The summed E-state index contributed by atoms with van der Waals surface area (Å²) >= 11 is 3.37. The van der Waals surface area contributed by atoms with Gasteiger partial charge in [0.15, 0.2) is 0 Å². The molecule has 1 N–H and O–H groups in total. The number of hydrogen-bond donors (Lipinski definition) is 1. The van der Waals surface area contributed by atoms with E-state index in [1.807, 2.05) is 18.2 Å². The minimum Gasteiger partial charge on any atom is -0.474 e. The van der Waals surface area contributed by atoms with E-state index in [9.17, 15) is 18.0 Å². The summed E-state index contributed by atoms with van der Waals surface area (Å²) in [6, 6.07) is 9.47. The summed E-state index contributed by atoms with van der Waals surface area (Å²) in [7, 11) is 0. The van der Waals surface area contributed by atoms with E-state index in [2.05, 4.69) is 26.2 Å². The molecule has 0 unspecified atom stereocenters. The van der Waals surface area contributed by atoms with Crippen molar-refractivity contribution in [2.24, 2.45) is 0 Å². The van der Waals surface area contributed by atoms with Gasteiger partial charge >= 0.3 is 6.18 Å². The molecule has 1 aromatic heterocycles. The Morgan fingerprint density at radius 2 is 1.81 bits per heavy atom. The van der Waals surface area contributed by atoms with Crippen LogP contribution in [0.15, 0.2) is 47.1 Å². The lowest BCUT2D eigenvalue weighted by Crippen LogP contribution is -2.39. The molecule has 1 aliphatic rings. The van der Waals surface area contributed by atoms with Gasteiger partial charge in [-0.15, -0.1) is 0 Å². The standard InChI is InChI=1S/C19H18BrF3N2O2/c20-16-4-2-1-3-15(16)18(26)25-13-6-8-14(9-7-13)27-17-10-5-12(11-24-17)19(21,22)23/h1-5,10-11,13-14H,6-9H2,(H,25,26). The van der Waals surface area contributed by atoms with Crippen molar-refractivity contribution in [1.82, 2.24) is 10.3 Å². The summed E-state index contributed by atoms with van der Waals surface area (Å²) in [6.45, 7) is 0. The average molecular weight is 443 g/mol. The maximum atomic E-state index is 12.6. The Hall–Kier alpha value is -2.09. The summed E-state index contributed by atoms with van der Waals surface area (Å²) in [5.41, 5.74) is -0.210. The van der Waals surface area contributed by atoms with Crippen molar-refractivity contribution in [3.05, 3.63) is 58.2 Å². The number of alkyl halides is 3. The van der Waals surface area contributed by atoms with Crippen LogP contribution >= 0.6 is 15.9 Å². The molecule has 144 valence electrons. The number of pyridine rings is 1. The van der Waals surface area contributed by atoms with E-state index in [1.165, 1.54) is 6.07 Å². The Kier molecular flexibility index (Phi) is 6.04. The molecule has 0 atom stereocenters. The third kappa shape index (κ3) is 5.22. The molecule has 27 heavy (non-hydrogen) atoms. The zero-order chi connectivity index (χ0) is 19.4. The number of nitrogens with one attached hydrogen (secondary N) is 1. The minimum atomic E-state index is -4.41. The molecule has 0 spiro atoms. The number of hydrogen-bond acceptors (Lipinski definition) is 3. The summed E-state index contributed by atoms with van der Waals surface area (Å²) in [5, 5.41) is 3.02. The molecule has 1 saturated carbocycles. The van der Waals surface area contributed by atoms with Crippen LogP contribution in [-0.2, 0) is 6.18 Å². The first-order valence-electron chi connectivity index (χ1n) is 8.58. The predicted octanol–water partition coefficient (Wildman–Crippen LogP) is 4.98. The zero-order valence-electron chi connectivity index (χ0n) is 14.3. The van der Waals surface area contributed by atoms with Crippen molar-refractivity contribution in [3.8, 4) is 5.88 Å². The maximum Gasteiger partial charge on any atom is 0.417 e. The van der Waals surface area contributed by atoms with Crippen LogP contribution in [0.5, 0.6) is 5.88 Å². The molecule has 1 heterocycles. The zero-order valence-corrected chi connectivity index (χ0v) is 15.9. The van der Waals surface area contributed by atoms with E-state index in [4.69, 9.17) is 4.74 Å². The Balaban J connectivity index is 1.49. The first-order valence-corrected chi connectivity index (χ1v) is 9.37. The van der Waals surface area contributed by atoms with Gasteiger partial charge in [0.2, 0.25) is 5.88 Å². The Morgan fingerprint density at radius 1 is 1.11 bits per heavy atom. The summed E-state index contributed by atoms with van der Waals surface area (Å²) in [5.74, 6) is 0.0555. The Labute approximate surface area is 163 Å². The third-order valence-electron chi connectivity index (χ3n) is 4.48. The fourth-order valence-electron chi connectivity index (χ4n) is 3.02. The quantitative estimate of drug-likeness (QED) is 0.725. The van der Waals surface area contributed by atoms with Crippen LogP contribution in [0.3, 0.4) is 0 Å². The summed E-state index contributed by atoms with van der Waals surface area (Å²) in [4.78, 5) is 16.1. The number of rotatable bonds is 4. The van der Waals surface area contributed by atoms with Crippen molar-refractivity contribution in [2.75, 3.05) is 0 Å². The van der Waals surface area contributed by atoms with Crippen LogP contribution in [0.1, 0.15) is 41.6 Å². The van der Waals surface area contributed by atoms with Gasteiger partial charge in [-0.1, -0.05) is 12.1 Å². The van der Waals surface area contributed by atoms with Gasteiger partial charge in [-0.05, 0) is 59.8 Å². The monoisotopic (exact) mass is 442 g/mol. The first kappa shape index (κ1) is 19.7. The van der Waals surface area contributed by atoms with E-state index < -0.39 is 11.7 Å². The number of nitrogens with zero attached hydrogens (tertiary/aromatic N) is 1. The van der Waals surface area contributed by atoms with Gasteiger partial charge in [0, 0.05) is 22.8 Å². The first-order chi connectivity index (χ1) is 12.8. The number of carbonyl (C=O) groups excluding carboxylic acids is 1. The van der Waals surface area contributed by atoms with E-state index in [0.717, 1.165) is 29.6 Å². The molecule has 0 bridgehead atoms. The topological polar surface area (TPSA) is 51.2 Å². The normalized spacial score (nSPS) is 20.1. The van der Waals surface area contributed by atoms with Gasteiger partial charge in [0.25, 0.3) is 5.91 Å². The number of halogens is 4. The summed E-state index contributed by atoms with van der Waals surface area (Å²) in [6.07, 6.45) is -0.879. The van der Waals surface area contributed by atoms with Gasteiger partial charge in [0.1, 0.15) is 6.10 Å². The van der Waals surface area contributed by atoms with Crippen molar-refractivity contribution >= 4 is 21.8 Å². The van der Waals surface area contributed by atoms with Crippen LogP contribution in [0.25, 0.3) is 0 Å². The van der Waals surface area contributed by atoms with Crippen LogP contribution < -0.4 is 10.1 Å². The van der Waals surface area contributed by atoms with Gasteiger partial charge in [0.05, 0.1) is 11.1 Å². The molecule has 0 radical (unpaired) electrons. The van der Waals surface area contributed by atoms with E-state index in [-0.39, 0.29) is 23.9 Å². The molecule has 0 aliphatic heterocycles. The van der Waals surface area contributed by atoms with Crippen molar-refractivity contribution in [2.45, 2.75) is 44.0 Å². The average Bonchev–Trinajstić information content (AvgIpc) is 2.63. The predicted molar refractivity (Wildman–Crippen MR) is 97.5 cm³/mol.